The van der Waals surface area contributed by atoms with Crippen LogP contribution in [0, 0.1) is 11.6 Å². The largest absolute Gasteiger partial charge is 0.461 e. The maximum Gasteiger partial charge on any atom is 0.408 e. The van der Waals surface area contributed by atoms with Crippen LogP contribution in [0.1, 0.15) is 110 Å². The number of aliphatic hydroxyl groups is 1. The second-order valence-electron chi connectivity index (χ2n) is 13.6. The predicted molar refractivity (Wildman–Crippen MR) is 169 cm³/mol. The van der Waals surface area contributed by atoms with Gasteiger partial charge in [0, 0.05) is 11.1 Å². The van der Waals surface area contributed by atoms with Gasteiger partial charge in [-0.15, -0.1) is 0 Å². The van der Waals surface area contributed by atoms with Crippen molar-refractivity contribution in [2.24, 2.45) is 0 Å². The maximum absolute atomic E-state index is 14.6. The zero-order valence-corrected chi connectivity index (χ0v) is 29.5. The van der Waals surface area contributed by atoms with Crippen molar-refractivity contribution < 1.29 is 60.0 Å². The van der Waals surface area contributed by atoms with Gasteiger partial charge in [0.1, 0.15) is 28.4 Å². The minimum absolute atomic E-state index is 0.123. The minimum atomic E-state index is -4.14. The Hall–Kier alpha value is -4.01. The molecule has 2 rings (SSSR count). The van der Waals surface area contributed by atoms with Crippen molar-refractivity contribution in [1.82, 2.24) is 10.6 Å². The Balaban J connectivity index is 0.000000490. The molecule has 9 nitrogen and oxygen atoms in total. The summed E-state index contributed by atoms with van der Waals surface area (Å²) in [6.45, 7) is 15.7. The number of esters is 1. The van der Waals surface area contributed by atoms with Crippen molar-refractivity contribution in [3.8, 4) is 0 Å². The number of carbonyl (C=O) groups excluding carboxylic acids is 3. The molecule has 0 aliphatic carbocycles. The fraction of sp³-hybridized carbons (Fsp3) is 0.559. The number of alkyl halides is 4. The zero-order chi connectivity index (χ0) is 38.3. The summed E-state index contributed by atoms with van der Waals surface area (Å²) in [5, 5.41) is 14.4. The van der Waals surface area contributed by atoms with Crippen LogP contribution in [0.25, 0.3) is 0 Å². The summed E-state index contributed by atoms with van der Waals surface area (Å²) >= 11 is 0. The topological polar surface area (TPSA) is 123 Å². The molecule has 0 fully saturated rings. The summed E-state index contributed by atoms with van der Waals surface area (Å²) in [6.07, 6.45) is -1.60. The van der Waals surface area contributed by atoms with Crippen molar-refractivity contribution in [2.75, 3.05) is 6.61 Å². The molecule has 2 aromatic carbocycles. The van der Waals surface area contributed by atoms with E-state index in [0.717, 1.165) is 26.0 Å². The molecule has 0 saturated carbocycles. The molecule has 0 aromatic heterocycles. The van der Waals surface area contributed by atoms with E-state index < -0.39 is 81.6 Å². The molecule has 0 heterocycles. The first-order chi connectivity index (χ1) is 22.1. The molecule has 0 spiro atoms. The molecule has 0 aliphatic rings. The van der Waals surface area contributed by atoms with Crippen LogP contribution in [0.3, 0.4) is 0 Å². The predicted octanol–water partition coefficient (Wildman–Crippen LogP) is 8.34. The van der Waals surface area contributed by atoms with Crippen molar-refractivity contribution >= 4 is 18.2 Å². The molecule has 0 unspecified atom stereocenters. The zero-order valence-electron chi connectivity index (χ0n) is 29.5. The van der Waals surface area contributed by atoms with Crippen LogP contribution in [0.4, 0.5) is 35.9 Å². The van der Waals surface area contributed by atoms with E-state index in [-0.39, 0.29) is 17.7 Å². The van der Waals surface area contributed by atoms with Crippen LogP contribution >= 0.6 is 0 Å². The molecule has 3 N–H and O–H groups in total. The third-order valence-electron chi connectivity index (χ3n) is 6.43. The monoisotopic (exact) mass is 708 g/mol. The SMILES string of the molecule is CCOC(=O)C(F)(F)c1cccc([C@@H](C)NC(=O)OC(C)(C)C)c1F.C[C@@H](NC(=O)OC(C)(C)C)c1cccc(C(F)(F)C(C)(C)O)c1F. The van der Waals surface area contributed by atoms with Crippen LogP contribution in [-0.4, -0.2) is 46.7 Å². The molecule has 49 heavy (non-hydrogen) atoms. The van der Waals surface area contributed by atoms with Gasteiger partial charge in [0.2, 0.25) is 0 Å². The summed E-state index contributed by atoms with van der Waals surface area (Å²) in [6, 6.07) is 4.83. The highest BCUT2D eigenvalue weighted by atomic mass is 19.3. The van der Waals surface area contributed by atoms with Crippen LogP contribution in [0.15, 0.2) is 36.4 Å². The summed E-state index contributed by atoms with van der Waals surface area (Å²) in [5.41, 5.74) is -6.30. The van der Waals surface area contributed by atoms with Crippen LogP contribution in [0.2, 0.25) is 0 Å². The molecule has 276 valence electrons. The van der Waals surface area contributed by atoms with Crippen molar-refractivity contribution in [3.05, 3.63) is 70.3 Å². The number of ether oxygens (including phenoxy) is 3. The van der Waals surface area contributed by atoms with Gasteiger partial charge in [-0.05, 0) is 88.3 Å². The maximum atomic E-state index is 14.6. The molecule has 2 amide bonds. The lowest BCUT2D eigenvalue weighted by Crippen LogP contribution is -2.41. The van der Waals surface area contributed by atoms with E-state index in [1.165, 1.54) is 45.0 Å². The van der Waals surface area contributed by atoms with Gasteiger partial charge in [-0.3, -0.25) is 0 Å². The van der Waals surface area contributed by atoms with Gasteiger partial charge >= 0.3 is 30.0 Å². The third-order valence-corrected chi connectivity index (χ3v) is 6.43. The molecular formula is C34H46F6N2O7. The average molecular weight is 709 g/mol. The van der Waals surface area contributed by atoms with E-state index in [0.29, 0.717) is 0 Å². The van der Waals surface area contributed by atoms with E-state index in [4.69, 9.17) is 9.47 Å². The smallest absolute Gasteiger partial charge is 0.408 e. The van der Waals surface area contributed by atoms with E-state index >= 15 is 0 Å². The first-order valence-corrected chi connectivity index (χ1v) is 15.3. The Morgan fingerprint density at radius 1 is 0.714 bits per heavy atom. The van der Waals surface area contributed by atoms with Crippen LogP contribution in [0.5, 0.6) is 0 Å². The Morgan fingerprint density at radius 3 is 1.43 bits per heavy atom. The molecule has 0 saturated heterocycles. The highest BCUT2D eigenvalue weighted by Crippen LogP contribution is 2.41. The molecule has 0 aliphatic heterocycles. The molecule has 0 bridgehead atoms. The van der Waals surface area contributed by atoms with Crippen LogP contribution < -0.4 is 10.6 Å². The van der Waals surface area contributed by atoms with Gasteiger partial charge in [0.15, 0.2) is 0 Å². The minimum Gasteiger partial charge on any atom is -0.461 e. The first-order valence-electron chi connectivity index (χ1n) is 15.3. The van der Waals surface area contributed by atoms with Gasteiger partial charge in [-0.25, -0.2) is 23.2 Å². The number of hydrogen-bond donors (Lipinski definition) is 3. The number of hydrogen-bond acceptors (Lipinski definition) is 7. The highest BCUT2D eigenvalue weighted by molar-refractivity contribution is 5.79. The Kier molecular flexibility index (Phi) is 14.2. The summed E-state index contributed by atoms with van der Waals surface area (Å²) < 4.78 is 100. The first kappa shape index (κ1) is 43.0. The second-order valence-corrected chi connectivity index (χ2v) is 13.6. The number of amides is 2. The lowest BCUT2D eigenvalue weighted by atomic mass is 9.91. The summed E-state index contributed by atoms with van der Waals surface area (Å²) in [4.78, 5) is 34.9. The summed E-state index contributed by atoms with van der Waals surface area (Å²) in [7, 11) is 0. The van der Waals surface area contributed by atoms with Crippen molar-refractivity contribution in [2.45, 2.75) is 117 Å². The lowest BCUT2D eigenvalue weighted by Gasteiger charge is -2.30. The Bertz CT molecular complexity index is 1460. The van der Waals surface area contributed by atoms with E-state index in [1.54, 1.807) is 41.5 Å². The van der Waals surface area contributed by atoms with E-state index in [2.05, 4.69) is 15.4 Å². The number of rotatable bonds is 9. The average Bonchev–Trinajstić information content (AvgIpc) is 2.90. The van der Waals surface area contributed by atoms with Crippen molar-refractivity contribution in [3.63, 3.8) is 0 Å². The molecular weight excluding hydrogens is 662 g/mol. The normalized spacial score (nSPS) is 13.7. The van der Waals surface area contributed by atoms with Gasteiger partial charge in [-0.2, -0.15) is 17.6 Å². The summed E-state index contributed by atoms with van der Waals surface area (Å²) in [5.74, 6) is -12.2. The van der Waals surface area contributed by atoms with Gasteiger partial charge in [-0.1, -0.05) is 24.3 Å². The molecule has 2 atom stereocenters. The van der Waals surface area contributed by atoms with E-state index in [9.17, 15) is 45.8 Å². The Morgan fingerprint density at radius 2 is 1.08 bits per heavy atom. The third kappa shape index (κ3) is 12.1. The number of alkyl carbamates (subject to hydrolysis) is 2. The fourth-order valence-corrected chi connectivity index (χ4v) is 4.04. The molecule has 0 radical (unpaired) electrons. The van der Waals surface area contributed by atoms with E-state index in [1.807, 2.05) is 0 Å². The number of halogens is 6. The number of benzene rings is 2. The van der Waals surface area contributed by atoms with Gasteiger partial charge in [0.25, 0.3) is 0 Å². The fourth-order valence-electron chi connectivity index (χ4n) is 4.04. The number of carbonyl (C=O) groups is 3. The van der Waals surface area contributed by atoms with Gasteiger partial charge < -0.3 is 30.0 Å². The van der Waals surface area contributed by atoms with Gasteiger partial charge in [0.05, 0.1) is 29.8 Å². The Labute approximate surface area is 282 Å². The second kappa shape index (κ2) is 16.1. The molecule has 2 aromatic rings. The quantitative estimate of drug-likeness (QED) is 0.136. The van der Waals surface area contributed by atoms with Crippen molar-refractivity contribution in [1.29, 1.82) is 0 Å². The standard InChI is InChI=1S/C17H22F3NO4.C17H24F3NO3/c1-6-24-14(22)17(19,20)12-9-7-8-11(13(12)18)10(2)21-15(23)25-16(3,4)5;1-10(21-14(22)24-15(2,3)4)11-8-7-9-12(13(11)18)17(19,20)16(5,6)23/h7-10H,6H2,1-5H3,(H,21,23);7-10,23H,1-6H3,(H,21,22)/t2*10-/m11/s1. The highest BCUT2D eigenvalue weighted by Gasteiger charge is 2.49. The number of nitrogens with one attached hydrogen (secondary N) is 2. The molecule has 15 heteroatoms. The van der Waals surface area contributed by atoms with Crippen LogP contribution in [-0.2, 0) is 30.9 Å². The lowest BCUT2D eigenvalue weighted by molar-refractivity contribution is -0.173.